The van der Waals surface area contributed by atoms with Gasteiger partial charge in [-0.15, -0.1) is 0 Å². The maximum Gasteiger partial charge on any atom is 0.328 e. The van der Waals surface area contributed by atoms with E-state index in [2.05, 4.69) is 15.2 Å². The molecule has 0 radical (unpaired) electrons. The first-order valence-electron chi connectivity index (χ1n) is 7.50. The highest BCUT2D eigenvalue weighted by molar-refractivity contribution is 6.31. The second-order valence-corrected chi connectivity index (χ2v) is 5.96. The number of benzene rings is 1. The molecule has 0 unspecified atom stereocenters. The van der Waals surface area contributed by atoms with Gasteiger partial charge < -0.3 is 15.2 Å². The van der Waals surface area contributed by atoms with Crippen molar-refractivity contribution in [3.8, 4) is 0 Å². The second-order valence-electron chi connectivity index (χ2n) is 5.52. The normalized spacial score (nSPS) is 16.2. The van der Waals surface area contributed by atoms with Gasteiger partial charge in [-0.25, -0.2) is 4.79 Å². The fraction of sp³-hybridized carbons (Fsp3) is 0.467. The number of fused-ring (bicyclic) bond motifs is 1. The zero-order valence-corrected chi connectivity index (χ0v) is 13.0. The van der Waals surface area contributed by atoms with Crippen molar-refractivity contribution in [2.24, 2.45) is 0 Å². The molecule has 0 saturated carbocycles. The van der Waals surface area contributed by atoms with Crippen molar-refractivity contribution in [3.63, 3.8) is 0 Å². The molecule has 0 spiro atoms. The molecule has 0 atom stereocenters. The summed E-state index contributed by atoms with van der Waals surface area (Å²) in [6.45, 7) is 5.32. The Balaban J connectivity index is 1.78. The van der Waals surface area contributed by atoms with E-state index in [1.165, 1.54) is 4.57 Å². The first-order valence-corrected chi connectivity index (χ1v) is 7.88. The van der Waals surface area contributed by atoms with E-state index in [1.807, 2.05) is 0 Å². The summed E-state index contributed by atoms with van der Waals surface area (Å²) in [5.74, 6) is 0. The molecule has 1 aliphatic heterocycles. The van der Waals surface area contributed by atoms with E-state index >= 15 is 0 Å². The largest absolute Gasteiger partial charge is 0.328 e. The molecule has 22 heavy (non-hydrogen) atoms. The van der Waals surface area contributed by atoms with E-state index in [4.69, 9.17) is 11.6 Å². The highest BCUT2D eigenvalue weighted by Crippen LogP contribution is 2.13. The Morgan fingerprint density at radius 2 is 1.91 bits per heavy atom. The number of H-pyrrole nitrogens is 1. The minimum Gasteiger partial charge on any atom is -0.314 e. The average molecular weight is 323 g/mol. The van der Waals surface area contributed by atoms with Crippen LogP contribution >= 0.6 is 11.6 Å². The molecular formula is C15H19ClN4O2. The Morgan fingerprint density at radius 1 is 1.14 bits per heavy atom. The number of piperazine rings is 1. The molecule has 118 valence electrons. The molecule has 6 nitrogen and oxygen atoms in total. The van der Waals surface area contributed by atoms with Crippen molar-refractivity contribution in [1.29, 1.82) is 0 Å². The van der Waals surface area contributed by atoms with Crippen LogP contribution in [0.1, 0.15) is 6.42 Å². The molecule has 2 aromatic rings. The number of hydrogen-bond donors (Lipinski definition) is 2. The van der Waals surface area contributed by atoms with Gasteiger partial charge in [-0.05, 0) is 31.2 Å². The summed E-state index contributed by atoms with van der Waals surface area (Å²) in [4.78, 5) is 29.6. The third-order valence-electron chi connectivity index (χ3n) is 4.01. The summed E-state index contributed by atoms with van der Waals surface area (Å²) in [5, 5.41) is 4.24. The third kappa shape index (κ3) is 3.24. The van der Waals surface area contributed by atoms with Crippen LogP contribution in [0.4, 0.5) is 0 Å². The molecular weight excluding hydrogens is 304 g/mol. The minimum atomic E-state index is -0.361. The number of aromatic nitrogens is 2. The predicted molar refractivity (Wildman–Crippen MR) is 87.8 cm³/mol. The van der Waals surface area contributed by atoms with Crippen molar-refractivity contribution in [3.05, 3.63) is 44.1 Å². The van der Waals surface area contributed by atoms with Crippen LogP contribution < -0.4 is 16.6 Å². The van der Waals surface area contributed by atoms with Gasteiger partial charge in [0.15, 0.2) is 0 Å². The molecule has 2 heterocycles. The predicted octanol–water partition coefficient (Wildman–Crippen LogP) is 0.638. The molecule has 3 rings (SSSR count). The molecule has 1 aliphatic rings. The van der Waals surface area contributed by atoms with Gasteiger partial charge in [0.1, 0.15) is 0 Å². The van der Waals surface area contributed by atoms with Crippen LogP contribution in [0.5, 0.6) is 0 Å². The number of rotatable bonds is 4. The third-order valence-corrected chi connectivity index (χ3v) is 4.24. The smallest absolute Gasteiger partial charge is 0.314 e. The molecule has 1 saturated heterocycles. The van der Waals surface area contributed by atoms with Crippen LogP contribution in [0, 0.1) is 0 Å². The van der Waals surface area contributed by atoms with E-state index in [0.29, 0.717) is 22.5 Å². The number of halogens is 1. The first-order chi connectivity index (χ1) is 10.6. The highest BCUT2D eigenvalue weighted by atomic mass is 35.5. The van der Waals surface area contributed by atoms with E-state index in [1.54, 1.807) is 18.2 Å². The molecule has 0 aliphatic carbocycles. The van der Waals surface area contributed by atoms with Crippen LogP contribution in [-0.2, 0) is 6.54 Å². The summed E-state index contributed by atoms with van der Waals surface area (Å²) in [6.07, 6.45) is 0.773. The van der Waals surface area contributed by atoms with E-state index < -0.39 is 0 Å². The summed E-state index contributed by atoms with van der Waals surface area (Å²) in [5.41, 5.74) is -0.112. The maximum absolute atomic E-state index is 12.4. The number of nitrogens with one attached hydrogen (secondary N) is 2. The standard InChI is InChI=1S/C15H19ClN4O2/c16-11-2-3-13-12(10-11)14(21)20(15(22)18-13)7-1-6-19-8-4-17-5-9-19/h2-3,10,17H,1,4-9H2,(H,18,22). The lowest BCUT2D eigenvalue weighted by molar-refractivity contribution is 0.234. The first kappa shape index (κ1) is 15.3. The van der Waals surface area contributed by atoms with Crippen molar-refractivity contribution in [2.45, 2.75) is 13.0 Å². The van der Waals surface area contributed by atoms with Gasteiger partial charge in [-0.1, -0.05) is 11.6 Å². The lowest BCUT2D eigenvalue weighted by Crippen LogP contribution is -2.44. The topological polar surface area (TPSA) is 70.1 Å². The minimum absolute atomic E-state index is 0.276. The van der Waals surface area contributed by atoms with Gasteiger partial charge in [-0.2, -0.15) is 0 Å². The molecule has 2 N–H and O–H groups in total. The molecule has 1 aromatic carbocycles. The van der Waals surface area contributed by atoms with Crippen molar-refractivity contribution in [1.82, 2.24) is 19.8 Å². The zero-order chi connectivity index (χ0) is 15.5. The Kier molecular flexibility index (Phi) is 4.61. The van der Waals surface area contributed by atoms with Crippen LogP contribution in [-0.4, -0.2) is 47.2 Å². The van der Waals surface area contributed by atoms with Crippen LogP contribution in [0.15, 0.2) is 27.8 Å². The fourth-order valence-electron chi connectivity index (χ4n) is 2.81. The van der Waals surface area contributed by atoms with Gasteiger partial charge in [0.2, 0.25) is 0 Å². The summed E-state index contributed by atoms with van der Waals surface area (Å²) < 4.78 is 1.26. The monoisotopic (exact) mass is 322 g/mol. The van der Waals surface area contributed by atoms with Crippen molar-refractivity contribution in [2.75, 3.05) is 32.7 Å². The van der Waals surface area contributed by atoms with Gasteiger partial charge in [0.25, 0.3) is 5.56 Å². The molecule has 1 aromatic heterocycles. The van der Waals surface area contributed by atoms with Crippen LogP contribution in [0.25, 0.3) is 10.9 Å². The van der Waals surface area contributed by atoms with Gasteiger partial charge in [0, 0.05) is 37.7 Å². The Hall–Kier alpha value is -1.63. The van der Waals surface area contributed by atoms with E-state index in [-0.39, 0.29) is 11.2 Å². The molecule has 0 amide bonds. The maximum atomic E-state index is 12.4. The molecule has 7 heteroatoms. The quantitative estimate of drug-likeness (QED) is 0.866. The Bertz CT molecular complexity index is 777. The average Bonchev–Trinajstić information content (AvgIpc) is 2.52. The SMILES string of the molecule is O=c1[nH]c2ccc(Cl)cc2c(=O)n1CCCN1CCNCC1. The molecule has 0 bridgehead atoms. The lowest BCUT2D eigenvalue weighted by Gasteiger charge is -2.27. The summed E-state index contributed by atoms with van der Waals surface area (Å²) >= 11 is 5.94. The van der Waals surface area contributed by atoms with E-state index in [0.717, 1.165) is 39.1 Å². The van der Waals surface area contributed by atoms with Crippen LogP contribution in [0.2, 0.25) is 5.02 Å². The Labute approximate surface area is 132 Å². The lowest BCUT2D eigenvalue weighted by atomic mass is 10.2. The van der Waals surface area contributed by atoms with Crippen molar-refractivity contribution >= 4 is 22.5 Å². The number of aromatic amines is 1. The van der Waals surface area contributed by atoms with Gasteiger partial charge >= 0.3 is 5.69 Å². The van der Waals surface area contributed by atoms with Crippen LogP contribution in [0.3, 0.4) is 0 Å². The van der Waals surface area contributed by atoms with Gasteiger partial charge in [0.05, 0.1) is 10.9 Å². The zero-order valence-electron chi connectivity index (χ0n) is 12.3. The summed E-state index contributed by atoms with van der Waals surface area (Å²) in [6, 6.07) is 4.92. The molecule has 1 fully saturated rings. The number of hydrogen-bond acceptors (Lipinski definition) is 4. The second kappa shape index (κ2) is 6.64. The van der Waals surface area contributed by atoms with Gasteiger partial charge in [-0.3, -0.25) is 9.36 Å². The highest BCUT2D eigenvalue weighted by Gasteiger charge is 2.11. The van der Waals surface area contributed by atoms with Crippen molar-refractivity contribution < 1.29 is 0 Å². The number of nitrogens with zero attached hydrogens (tertiary/aromatic N) is 2. The Morgan fingerprint density at radius 3 is 2.68 bits per heavy atom. The van der Waals surface area contributed by atoms with E-state index in [9.17, 15) is 9.59 Å². The summed E-state index contributed by atoms with van der Waals surface area (Å²) in [7, 11) is 0. The fourth-order valence-corrected chi connectivity index (χ4v) is 2.99.